The van der Waals surface area contributed by atoms with Crippen LogP contribution in [-0.2, 0) is 6.61 Å². The van der Waals surface area contributed by atoms with Crippen LogP contribution in [0.15, 0.2) is 53.7 Å². The second-order valence-corrected chi connectivity index (χ2v) is 4.52. The molecule has 0 bridgehead atoms. The van der Waals surface area contributed by atoms with Crippen LogP contribution >= 0.6 is 23.2 Å². The third kappa shape index (κ3) is 3.40. The van der Waals surface area contributed by atoms with Crippen molar-refractivity contribution < 1.29 is 9.94 Å². The largest absolute Gasteiger partial charge is 0.487 e. The highest BCUT2D eigenvalue weighted by atomic mass is 35.5. The fourth-order valence-corrected chi connectivity index (χ4v) is 2.05. The van der Waals surface area contributed by atoms with Crippen LogP contribution in [-0.4, -0.2) is 10.4 Å². The van der Waals surface area contributed by atoms with Gasteiger partial charge in [-0.3, -0.25) is 0 Å². The minimum Gasteiger partial charge on any atom is -0.487 e. The van der Waals surface area contributed by atoms with E-state index < -0.39 is 0 Å². The van der Waals surface area contributed by atoms with Crippen molar-refractivity contribution in [2.75, 3.05) is 0 Å². The van der Waals surface area contributed by atoms with E-state index in [0.717, 1.165) is 5.56 Å². The molecule has 19 heavy (non-hydrogen) atoms. The first-order chi connectivity index (χ1) is 9.22. The van der Waals surface area contributed by atoms with Gasteiger partial charge in [0.1, 0.15) is 12.4 Å². The van der Waals surface area contributed by atoms with Crippen LogP contribution in [0.2, 0.25) is 5.02 Å². The lowest BCUT2D eigenvalue weighted by atomic mass is 10.2. The van der Waals surface area contributed by atoms with Crippen LogP contribution in [0.5, 0.6) is 5.75 Å². The molecule has 0 unspecified atom stereocenters. The molecule has 0 heterocycles. The summed E-state index contributed by atoms with van der Waals surface area (Å²) in [7, 11) is 0. The molecule has 2 aromatic carbocycles. The lowest BCUT2D eigenvalue weighted by molar-refractivity contribution is 0.306. The van der Waals surface area contributed by atoms with Gasteiger partial charge in [-0.1, -0.05) is 64.8 Å². The van der Waals surface area contributed by atoms with Gasteiger partial charge in [-0.2, -0.15) is 0 Å². The molecule has 0 fully saturated rings. The molecule has 0 aliphatic rings. The smallest absolute Gasteiger partial charge is 0.176 e. The fraction of sp³-hybridized carbons (Fsp3) is 0.0714. The van der Waals surface area contributed by atoms with Crippen LogP contribution in [0.4, 0.5) is 0 Å². The van der Waals surface area contributed by atoms with Crippen LogP contribution < -0.4 is 4.74 Å². The molecule has 0 aromatic heterocycles. The zero-order valence-corrected chi connectivity index (χ0v) is 11.4. The second-order valence-electron chi connectivity index (χ2n) is 3.78. The standard InChI is InChI=1S/C14H11Cl2NO2/c15-13-11(14(16)17-18)7-4-8-12(13)19-9-10-5-2-1-3-6-10/h1-8,18H,9H2. The number of hydrogen-bond donors (Lipinski definition) is 1. The van der Waals surface area contributed by atoms with Gasteiger partial charge in [0.25, 0.3) is 0 Å². The monoisotopic (exact) mass is 295 g/mol. The first kappa shape index (κ1) is 13.7. The zero-order valence-electron chi connectivity index (χ0n) is 9.88. The van der Waals surface area contributed by atoms with Crippen molar-refractivity contribution in [3.8, 4) is 5.75 Å². The molecule has 0 amide bonds. The Hall–Kier alpha value is -1.71. The molecule has 5 heteroatoms. The van der Waals surface area contributed by atoms with Gasteiger partial charge in [0.15, 0.2) is 5.17 Å². The van der Waals surface area contributed by atoms with E-state index in [4.69, 9.17) is 33.1 Å². The Labute approximate surface area is 121 Å². The summed E-state index contributed by atoms with van der Waals surface area (Å²) in [6.45, 7) is 0.401. The first-order valence-electron chi connectivity index (χ1n) is 5.55. The maximum Gasteiger partial charge on any atom is 0.176 e. The van der Waals surface area contributed by atoms with Gasteiger partial charge in [-0.25, -0.2) is 0 Å². The molecule has 0 aliphatic heterocycles. The minimum atomic E-state index is -0.0739. The average molecular weight is 296 g/mol. The number of ether oxygens (including phenoxy) is 1. The second kappa shape index (κ2) is 6.45. The molecule has 1 N–H and O–H groups in total. The van der Waals surface area contributed by atoms with E-state index in [0.29, 0.717) is 22.9 Å². The lowest BCUT2D eigenvalue weighted by Gasteiger charge is -2.10. The van der Waals surface area contributed by atoms with Crippen molar-refractivity contribution in [3.63, 3.8) is 0 Å². The summed E-state index contributed by atoms with van der Waals surface area (Å²) in [4.78, 5) is 0. The summed E-state index contributed by atoms with van der Waals surface area (Å²) in [5.41, 5.74) is 1.46. The Morgan fingerprint density at radius 1 is 1.11 bits per heavy atom. The first-order valence-corrected chi connectivity index (χ1v) is 6.31. The van der Waals surface area contributed by atoms with Crippen LogP contribution in [0, 0.1) is 0 Å². The molecule has 0 radical (unpaired) electrons. The number of benzene rings is 2. The van der Waals surface area contributed by atoms with E-state index >= 15 is 0 Å². The van der Waals surface area contributed by atoms with Crippen molar-refractivity contribution in [2.45, 2.75) is 6.61 Å². The SMILES string of the molecule is ON=C(Cl)c1cccc(OCc2ccccc2)c1Cl. The van der Waals surface area contributed by atoms with E-state index in [2.05, 4.69) is 5.16 Å². The van der Waals surface area contributed by atoms with Crippen LogP contribution in [0.3, 0.4) is 0 Å². The minimum absolute atomic E-state index is 0.0739. The number of oxime groups is 1. The van der Waals surface area contributed by atoms with Gasteiger partial charge in [0, 0.05) is 5.56 Å². The van der Waals surface area contributed by atoms with E-state index in [9.17, 15) is 0 Å². The Morgan fingerprint density at radius 3 is 2.53 bits per heavy atom. The Bertz CT molecular complexity index is 585. The van der Waals surface area contributed by atoms with Crippen molar-refractivity contribution in [3.05, 3.63) is 64.7 Å². The molecule has 0 spiro atoms. The highest BCUT2D eigenvalue weighted by Gasteiger charge is 2.11. The van der Waals surface area contributed by atoms with Gasteiger partial charge in [-0.15, -0.1) is 0 Å². The van der Waals surface area contributed by atoms with Gasteiger partial charge < -0.3 is 9.94 Å². The van der Waals surface area contributed by atoms with Crippen LogP contribution in [0.1, 0.15) is 11.1 Å². The quantitative estimate of drug-likeness (QED) is 0.519. The molecule has 3 nitrogen and oxygen atoms in total. The van der Waals surface area contributed by atoms with E-state index in [1.165, 1.54) is 0 Å². The average Bonchev–Trinajstić information content (AvgIpc) is 2.46. The van der Waals surface area contributed by atoms with Gasteiger partial charge in [0.05, 0.1) is 5.02 Å². The summed E-state index contributed by atoms with van der Waals surface area (Å²) in [6, 6.07) is 14.8. The molecule has 0 saturated heterocycles. The topological polar surface area (TPSA) is 41.8 Å². The predicted octanol–water partition coefficient (Wildman–Crippen LogP) is 4.29. The lowest BCUT2D eigenvalue weighted by Crippen LogP contribution is -1.99. The summed E-state index contributed by atoms with van der Waals surface area (Å²) in [6.07, 6.45) is 0. The van der Waals surface area contributed by atoms with Crippen molar-refractivity contribution >= 4 is 28.4 Å². The van der Waals surface area contributed by atoms with Gasteiger partial charge >= 0.3 is 0 Å². The summed E-state index contributed by atoms with van der Waals surface area (Å²) >= 11 is 11.9. The van der Waals surface area contributed by atoms with Crippen molar-refractivity contribution in [1.29, 1.82) is 0 Å². The molecular formula is C14H11Cl2NO2. The highest BCUT2D eigenvalue weighted by molar-refractivity contribution is 6.70. The maximum absolute atomic E-state index is 8.67. The van der Waals surface area contributed by atoms with E-state index in [-0.39, 0.29) is 5.17 Å². The summed E-state index contributed by atoms with van der Waals surface area (Å²) in [5, 5.41) is 11.8. The molecule has 98 valence electrons. The molecule has 0 atom stereocenters. The summed E-state index contributed by atoms with van der Waals surface area (Å²) < 4.78 is 5.63. The molecule has 0 aliphatic carbocycles. The highest BCUT2D eigenvalue weighted by Crippen LogP contribution is 2.30. The van der Waals surface area contributed by atoms with Crippen LogP contribution in [0.25, 0.3) is 0 Å². The predicted molar refractivity (Wildman–Crippen MR) is 76.4 cm³/mol. The summed E-state index contributed by atoms with van der Waals surface area (Å²) in [5.74, 6) is 0.491. The third-order valence-electron chi connectivity index (χ3n) is 2.51. The molecule has 2 aromatic rings. The van der Waals surface area contributed by atoms with E-state index in [1.807, 2.05) is 30.3 Å². The number of nitrogens with zero attached hydrogens (tertiary/aromatic N) is 1. The maximum atomic E-state index is 8.67. The van der Waals surface area contributed by atoms with Crippen molar-refractivity contribution in [1.82, 2.24) is 0 Å². The number of rotatable bonds is 4. The zero-order chi connectivity index (χ0) is 13.7. The molecule has 0 saturated carbocycles. The fourth-order valence-electron chi connectivity index (χ4n) is 1.57. The number of halogens is 2. The molecular weight excluding hydrogens is 285 g/mol. The van der Waals surface area contributed by atoms with E-state index in [1.54, 1.807) is 18.2 Å². The molecule has 2 rings (SSSR count). The van der Waals surface area contributed by atoms with Crippen molar-refractivity contribution in [2.24, 2.45) is 5.16 Å². The Morgan fingerprint density at radius 2 is 1.84 bits per heavy atom. The Balaban J connectivity index is 2.17. The normalized spacial score (nSPS) is 11.4. The Kier molecular flexibility index (Phi) is 4.66. The third-order valence-corrected chi connectivity index (χ3v) is 3.18. The van der Waals surface area contributed by atoms with Gasteiger partial charge in [0.2, 0.25) is 0 Å². The number of hydrogen-bond acceptors (Lipinski definition) is 3. The van der Waals surface area contributed by atoms with Gasteiger partial charge in [-0.05, 0) is 17.7 Å².